The maximum absolute atomic E-state index is 6.50. The number of nitrogen functional groups attached to an aromatic ring is 11. The van der Waals surface area contributed by atoms with Gasteiger partial charge in [-0.25, -0.2) is 0 Å². The minimum atomic E-state index is 0.0915. The van der Waals surface area contributed by atoms with E-state index in [9.17, 15) is 0 Å². The van der Waals surface area contributed by atoms with Gasteiger partial charge in [0.05, 0.1) is 62.6 Å². The molecule has 0 fully saturated rings. The van der Waals surface area contributed by atoms with Crippen molar-refractivity contribution in [1.29, 1.82) is 0 Å². The molecule has 0 aliphatic heterocycles. The van der Waals surface area contributed by atoms with E-state index in [1.165, 1.54) is 6.08 Å². The van der Waals surface area contributed by atoms with Crippen molar-refractivity contribution in [2.45, 2.75) is 0 Å². The maximum atomic E-state index is 6.50. The molecule has 0 atom stereocenters. The van der Waals surface area contributed by atoms with E-state index in [2.05, 4.69) is 6.58 Å². The summed E-state index contributed by atoms with van der Waals surface area (Å²) in [4.78, 5) is 0. The largest absolute Gasteiger partial charge is 0.397 e. The van der Waals surface area contributed by atoms with Gasteiger partial charge in [-0.2, -0.15) is 0 Å². The van der Waals surface area contributed by atoms with Gasteiger partial charge in [0.15, 0.2) is 0 Å². The van der Waals surface area contributed by atoms with Crippen LogP contribution < -0.4 is 63.1 Å². The van der Waals surface area contributed by atoms with Gasteiger partial charge in [-0.3, -0.25) is 0 Å². The maximum Gasteiger partial charge on any atom is 0.0810 e. The lowest BCUT2D eigenvalue weighted by Crippen LogP contribution is -2.11. The Morgan fingerprint density at radius 2 is 0.581 bits per heavy atom. The highest BCUT2D eigenvalue weighted by atomic mass is 14.8. The van der Waals surface area contributed by atoms with Crippen LogP contribution in [-0.2, 0) is 0 Å². The van der Waals surface area contributed by atoms with Crippen LogP contribution in [0.2, 0.25) is 0 Å². The second-order valence-corrected chi connectivity index (χ2v) is 7.42. The summed E-state index contributed by atoms with van der Waals surface area (Å²) in [6.45, 7) is 3.84. The fraction of sp³-hybridized carbons (Fsp3) is 0. The summed E-state index contributed by atoms with van der Waals surface area (Å²) in [6, 6.07) is 0. The molecule has 4 aromatic rings. The van der Waals surface area contributed by atoms with Gasteiger partial charge >= 0.3 is 0 Å². The number of rotatable bonds is 1. The van der Waals surface area contributed by atoms with E-state index in [0.29, 0.717) is 37.9 Å². The molecule has 0 aliphatic rings. The molecule has 4 rings (SSSR count). The standard InChI is InChI=1S/C20H25N11/c1-2-3-4-5-6(12(23)14(25)8(4)16(27)18(29)10(3)21)7-9(15(26)11(5)22)17(28)20(31)19(30)13(7)24/h2H,1,21-31H2. The molecule has 11 heteroatoms. The van der Waals surface area contributed by atoms with Crippen LogP contribution >= 0.6 is 0 Å². The molecule has 0 spiro atoms. The van der Waals surface area contributed by atoms with Crippen molar-refractivity contribution in [1.82, 2.24) is 0 Å². The van der Waals surface area contributed by atoms with Crippen LogP contribution in [0.3, 0.4) is 0 Å². The molecule has 11 nitrogen and oxygen atoms in total. The predicted molar refractivity (Wildman–Crippen MR) is 138 cm³/mol. The van der Waals surface area contributed by atoms with Crippen LogP contribution in [0.4, 0.5) is 62.6 Å². The highest BCUT2D eigenvalue weighted by Crippen LogP contribution is 2.54. The summed E-state index contributed by atoms with van der Waals surface area (Å²) in [5.41, 5.74) is 71.2. The lowest BCUT2D eigenvalue weighted by molar-refractivity contribution is 1.66. The Balaban J connectivity index is 2.58. The molecule has 0 unspecified atom stereocenters. The van der Waals surface area contributed by atoms with Gasteiger partial charge in [-0.1, -0.05) is 12.7 Å². The van der Waals surface area contributed by atoms with Gasteiger partial charge in [0, 0.05) is 37.9 Å². The number of benzene rings is 4. The molecule has 0 aromatic heterocycles. The Morgan fingerprint density at radius 1 is 0.323 bits per heavy atom. The average Bonchev–Trinajstić information content (AvgIpc) is 2.74. The van der Waals surface area contributed by atoms with Crippen molar-refractivity contribution in [3.63, 3.8) is 0 Å². The monoisotopic (exact) mass is 419 g/mol. The van der Waals surface area contributed by atoms with Crippen LogP contribution in [0.15, 0.2) is 6.58 Å². The zero-order chi connectivity index (χ0) is 23.1. The van der Waals surface area contributed by atoms with Crippen LogP contribution in [0.1, 0.15) is 5.56 Å². The van der Waals surface area contributed by atoms with Gasteiger partial charge in [0.2, 0.25) is 0 Å². The summed E-state index contributed by atoms with van der Waals surface area (Å²) in [6.07, 6.45) is 1.53. The molecule has 0 heterocycles. The molecule has 0 saturated heterocycles. The second-order valence-electron chi connectivity index (χ2n) is 7.42. The van der Waals surface area contributed by atoms with Crippen LogP contribution in [0, 0.1) is 0 Å². The third-order valence-corrected chi connectivity index (χ3v) is 5.93. The van der Waals surface area contributed by atoms with E-state index in [0.717, 1.165) is 0 Å². The first-order valence-corrected chi connectivity index (χ1v) is 9.12. The van der Waals surface area contributed by atoms with E-state index in [1.54, 1.807) is 0 Å². The minimum Gasteiger partial charge on any atom is -0.397 e. The summed E-state index contributed by atoms with van der Waals surface area (Å²) in [7, 11) is 0. The van der Waals surface area contributed by atoms with Crippen LogP contribution in [0.5, 0.6) is 0 Å². The quantitative estimate of drug-likeness (QED) is 0.118. The molecule has 0 saturated carbocycles. The first kappa shape index (κ1) is 19.5. The smallest absolute Gasteiger partial charge is 0.0810 e. The molecule has 160 valence electrons. The predicted octanol–water partition coefficient (Wildman–Crippen LogP) is 1.19. The highest BCUT2D eigenvalue weighted by Gasteiger charge is 2.26. The highest BCUT2D eigenvalue weighted by molar-refractivity contribution is 6.40. The number of anilines is 11. The van der Waals surface area contributed by atoms with Crippen molar-refractivity contribution < 1.29 is 0 Å². The van der Waals surface area contributed by atoms with Crippen molar-refractivity contribution in [2.24, 2.45) is 0 Å². The van der Waals surface area contributed by atoms with E-state index in [4.69, 9.17) is 63.1 Å². The molecular formula is C20H25N11. The Bertz CT molecular complexity index is 1500. The minimum absolute atomic E-state index is 0.0915. The molecule has 22 N–H and O–H groups in total. The summed E-state index contributed by atoms with van der Waals surface area (Å²) in [5, 5.41) is 2.40. The van der Waals surface area contributed by atoms with E-state index in [1.807, 2.05) is 0 Å². The Hall–Kier alpha value is -4.80. The first-order valence-electron chi connectivity index (χ1n) is 9.12. The Labute approximate surface area is 176 Å². The zero-order valence-corrected chi connectivity index (χ0v) is 16.6. The van der Waals surface area contributed by atoms with Crippen molar-refractivity contribution in [3.05, 3.63) is 12.1 Å². The molecule has 31 heavy (non-hydrogen) atoms. The third-order valence-electron chi connectivity index (χ3n) is 5.93. The number of hydrogen-bond donors (Lipinski definition) is 11. The second kappa shape index (κ2) is 5.86. The summed E-state index contributed by atoms with van der Waals surface area (Å²) >= 11 is 0. The van der Waals surface area contributed by atoms with E-state index < -0.39 is 0 Å². The topological polar surface area (TPSA) is 286 Å². The normalized spacial score (nSPS) is 11.5. The van der Waals surface area contributed by atoms with Gasteiger partial charge in [0.1, 0.15) is 0 Å². The van der Waals surface area contributed by atoms with E-state index in [-0.39, 0.29) is 62.6 Å². The fourth-order valence-electron chi connectivity index (χ4n) is 4.28. The molecular weight excluding hydrogens is 394 g/mol. The first-order chi connectivity index (χ1) is 14.5. The molecule has 0 aliphatic carbocycles. The number of hydrogen-bond acceptors (Lipinski definition) is 11. The molecule has 4 aromatic carbocycles. The van der Waals surface area contributed by atoms with Crippen LogP contribution in [0.25, 0.3) is 38.4 Å². The summed E-state index contributed by atoms with van der Waals surface area (Å²) in [5.74, 6) is 0. The third kappa shape index (κ3) is 2.06. The van der Waals surface area contributed by atoms with E-state index >= 15 is 0 Å². The van der Waals surface area contributed by atoms with Crippen molar-refractivity contribution >= 4 is 101 Å². The number of fused-ring (bicyclic) bond motifs is 5. The average molecular weight is 419 g/mol. The van der Waals surface area contributed by atoms with Gasteiger partial charge < -0.3 is 63.1 Å². The van der Waals surface area contributed by atoms with Gasteiger partial charge in [0.25, 0.3) is 0 Å². The zero-order valence-electron chi connectivity index (χ0n) is 16.6. The Kier molecular flexibility index (Phi) is 3.69. The molecule has 0 radical (unpaired) electrons. The van der Waals surface area contributed by atoms with Gasteiger partial charge in [-0.05, 0) is 0 Å². The molecule has 0 bridgehead atoms. The lowest BCUT2D eigenvalue weighted by Gasteiger charge is -2.24. The number of nitrogens with two attached hydrogens (primary N) is 11. The Morgan fingerprint density at radius 3 is 1.03 bits per heavy atom. The SMILES string of the molecule is C=Cc1c(N)c(N)c(N)c2c(N)c(N)c3c4c(N)c(N)c(N)c(N)c4c(N)c(N)c3c12. The summed E-state index contributed by atoms with van der Waals surface area (Å²) < 4.78 is 0. The van der Waals surface area contributed by atoms with Gasteiger partial charge in [-0.15, -0.1) is 0 Å². The molecule has 0 amide bonds. The lowest BCUT2D eigenvalue weighted by atomic mass is 9.86. The van der Waals surface area contributed by atoms with Crippen LogP contribution in [-0.4, -0.2) is 0 Å². The van der Waals surface area contributed by atoms with Crippen molar-refractivity contribution in [3.8, 4) is 0 Å². The fourth-order valence-corrected chi connectivity index (χ4v) is 4.28. The van der Waals surface area contributed by atoms with Crippen molar-refractivity contribution in [2.75, 3.05) is 63.1 Å².